The van der Waals surface area contributed by atoms with E-state index < -0.39 is 0 Å². The van der Waals surface area contributed by atoms with Crippen molar-refractivity contribution in [2.24, 2.45) is 5.92 Å². The highest BCUT2D eigenvalue weighted by Crippen LogP contribution is 2.38. The fraction of sp³-hybridized carbons (Fsp3) is 0.368. The summed E-state index contributed by atoms with van der Waals surface area (Å²) < 4.78 is 10.9. The van der Waals surface area contributed by atoms with Crippen LogP contribution in [0.4, 0.5) is 0 Å². The predicted octanol–water partition coefficient (Wildman–Crippen LogP) is 4.61. The number of aryl methyl sites for hydroxylation is 1. The van der Waals surface area contributed by atoms with Crippen LogP contribution in [0.3, 0.4) is 0 Å². The van der Waals surface area contributed by atoms with Gasteiger partial charge in [0.15, 0.2) is 5.76 Å². The summed E-state index contributed by atoms with van der Waals surface area (Å²) in [6.07, 6.45) is 4.68. The van der Waals surface area contributed by atoms with Crippen LogP contribution in [0.5, 0.6) is 0 Å². The maximum atomic E-state index is 12.8. The van der Waals surface area contributed by atoms with Crippen LogP contribution in [0, 0.1) is 5.92 Å². The van der Waals surface area contributed by atoms with Gasteiger partial charge in [0.2, 0.25) is 0 Å². The van der Waals surface area contributed by atoms with Gasteiger partial charge in [-0.25, -0.2) is 4.98 Å². The van der Waals surface area contributed by atoms with Crippen molar-refractivity contribution in [3.8, 4) is 11.7 Å². The first-order valence-corrected chi connectivity index (χ1v) is 10.9. The number of aromatic nitrogens is 4. The first-order valence-electron chi connectivity index (χ1n) is 9.17. The van der Waals surface area contributed by atoms with Gasteiger partial charge < -0.3 is 13.8 Å². The van der Waals surface area contributed by atoms with Crippen LogP contribution in [0.2, 0.25) is 0 Å². The molecule has 5 rings (SSSR count). The zero-order valence-corrected chi connectivity index (χ0v) is 17.0. The van der Waals surface area contributed by atoms with Gasteiger partial charge in [0.1, 0.15) is 10.7 Å². The predicted molar refractivity (Wildman–Crippen MR) is 108 cm³/mol. The second-order valence-corrected chi connectivity index (χ2v) is 9.47. The molecule has 0 aliphatic heterocycles. The molecule has 4 heterocycles. The highest BCUT2D eigenvalue weighted by atomic mass is 32.2. The number of hydrogen-bond acceptors (Lipinski definition) is 8. The second kappa shape index (κ2) is 6.89. The Morgan fingerprint density at radius 2 is 2.29 bits per heavy atom. The maximum absolute atomic E-state index is 12.8. The minimum atomic E-state index is -0.139. The third-order valence-electron chi connectivity index (χ3n) is 4.98. The number of H-pyrrole nitrogens is 1. The van der Waals surface area contributed by atoms with E-state index in [1.807, 2.05) is 6.92 Å². The molecule has 1 aliphatic rings. The van der Waals surface area contributed by atoms with Crippen molar-refractivity contribution in [3.63, 3.8) is 0 Å². The molecule has 4 aromatic heterocycles. The van der Waals surface area contributed by atoms with E-state index in [2.05, 4.69) is 22.1 Å². The molecule has 28 heavy (non-hydrogen) atoms. The second-order valence-electron chi connectivity index (χ2n) is 7.09. The number of nitrogens with zero attached hydrogens (tertiary/aromatic N) is 3. The van der Waals surface area contributed by atoms with E-state index in [0.29, 0.717) is 28.6 Å². The van der Waals surface area contributed by atoms with Crippen LogP contribution in [0.15, 0.2) is 37.2 Å². The van der Waals surface area contributed by atoms with E-state index >= 15 is 0 Å². The van der Waals surface area contributed by atoms with Crippen molar-refractivity contribution >= 4 is 33.3 Å². The molecule has 0 aromatic carbocycles. The Balaban J connectivity index is 1.43. The molecule has 4 aromatic rings. The summed E-state index contributed by atoms with van der Waals surface area (Å²) in [6, 6.07) is 3.53. The zero-order valence-electron chi connectivity index (χ0n) is 15.4. The first kappa shape index (κ1) is 17.7. The molecule has 0 spiro atoms. The van der Waals surface area contributed by atoms with Crippen LogP contribution in [-0.2, 0) is 12.8 Å². The maximum Gasteiger partial charge on any atom is 0.284 e. The molecule has 144 valence electrons. The van der Waals surface area contributed by atoms with Crippen molar-refractivity contribution in [2.45, 2.75) is 43.6 Å². The Kier molecular flexibility index (Phi) is 4.36. The largest absolute Gasteiger partial charge is 0.459 e. The van der Waals surface area contributed by atoms with Gasteiger partial charge in [0.25, 0.3) is 16.7 Å². The van der Waals surface area contributed by atoms with E-state index in [4.69, 9.17) is 13.8 Å². The SMILES string of the molecule is C[C@H]1CCc2c(sc3nc([C@@H](C)Sc4nnc(-c5ccco5)o4)[nH]c(=O)c23)C1. The van der Waals surface area contributed by atoms with E-state index in [1.54, 1.807) is 29.7 Å². The van der Waals surface area contributed by atoms with E-state index in [-0.39, 0.29) is 10.8 Å². The molecule has 0 fully saturated rings. The van der Waals surface area contributed by atoms with Gasteiger partial charge in [0, 0.05) is 4.88 Å². The molecule has 1 N–H and O–H groups in total. The minimum Gasteiger partial charge on any atom is -0.459 e. The van der Waals surface area contributed by atoms with Crippen molar-refractivity contribution < 1.29 is 8.83 Å². The van der Waals surface area contributed by atoms with Crippen molar-refractivity contribution in [1.82, 2.24) is 20.2 Å². The third-order valence-corrected chi connectivity index (χ3v) is 7.08. The quantitative estimate of drug-likeness (QED) is 0.487. The van der Waals surface area contributed by atoms with Crippen LogP contribution < -0.4 is 5.56 Å². The molecule has 0 saturated heterocycles. The average Bonchev–Trinajstić information content (AvgIpc) is 3.40. The zero-order chi connectivity index (χ0) is 19.3. The summed E-state index contributed by atoms with van der Waals surface area (Å²) in [5.74, 6) is 2.14. The summed E-state index contributed by atoms with van der Waals surface area (Å²) in [6.45, 7) is 4.22. The lowest BCUT2D eigenvalue weighted by Gasteiger charge is -2.17. The minimum absolute atomic E-state index is 0.0543. The van der Waals surface area contributed by atoms with Gasteiger partial charge in [0.05, 0.1) is 16.9 Å². The van der Waals surface area contributed by atoms with Crippen LogP contribution in [0.1, 0.15) is 41.8 Å². The monoisotopic (exact) mass is 414 g/mol. The molecule has 0 bridgehead atoms. The Hall–Kier alpha value is -2.39. The Bertz CT molecular complexity index is 1190. The van der Waals surface area contributed by atoms with Crippen molar-refractivity contribution in [1.29, 1.82) is 0 Å². The average molecular weight is 415 g/mol. The van der Waals surface area contributed by atoms with Crippen molar-refractivity contribution in [3.05, 3.63) is 45.0 Å². The molecular formula is C19H18N4O3S2. The summed E-state index contributed by atoms with van der Waals surface area (Å²) in [4.78, 5) is 22.6. The normalized spacial score (nSPS) is 17.7. The lowest BCUT2D eigenvalue weighted by Crippen LogP contribution is -2.15. The summed E-state index contributed by atoms with van der Waals surface area (Å²) in [7, 11) is 0. The molecule has 1 aliphatic carbocycles. The van der Waals surface area contributed by atoms with Crippen LogP contribution >= 0.6 is 23.1 Å². The Morgan fingerprint density at radius 1 is 1.39 bits per heavy atom. The molecule has 2 atom stereocenters. The molecule has 0 saturated carbocycles. The summed E-state index contributed by atoms with van der Waals surface area (Å²) >= 11 is 3.01. The number of furan rings is 1. The highest BCUT2D eigenvalue weighted by Gasteiger charge is 2.24. The number of thioether (sulfide) groups is 1. The van der Waals surface area contributed by atoms with E-state index in [0.717, 1.165) is 29.5 Å². The Labute approximate surface area is 168 Å². The molecule has 9 heteroatoms. The fourth-order valence-corrected chi connectivity index (χ4v) is 5.65. The van der Waals surface area contributed by atoms with Crippen LogP contribution in [0.25, 0.3) is 21.9 Å². The third kappa shape index (κ3) is 3.08. The lowest BCUT2D eigenvalue weighted by molar-refractivity contribution is 0.446. The molecule has 0 radical (unpaired) electrons. The van der Waals surface area contributed by atoms with Gasteiger partial charge >= 0.3 is 0 Å². The molecule has 0 unspecified atom stereocenters. The number of aromatic amines is 1. The smallest absolute Gasteiger partial charge is 0.284 e. The fourth-order valence-electron chi connectivity index (χ4n) is 3.52. The molecular weight excluding hydrogens is 396 g/mol. The van der Waals surface area contributed by atoms with Gasteiger partial charge in [-0.15, -0.1) is 21.5 Å². The first-order chi connectivity index (χ1) is 13.6. The lowest BCUT2D eigenvalue weighted by atomic mass is 9.89. The van der Waals surface area contributed by atoms with Gasteiger partial charge in [-0.3, -0.25) is 4.79 Å². The molecule has 0 amide bonds. The topological polar surface area (TPSA) is 97.8 Å². The standard InChI is InChI=1S/C19H18N4O3S2/c1-9-5-6-11-13(8-9)28-18-14(11)16(24)20-15(21-18)10(2)27-19-23-22-17(26-19)12-4-3-7-25-12/h3-4,7,9-10H,5-6,8H2,1-2H3,(H,20,21,24)/t9-,10+/m0/s1. The highest BCUT2D eigenvalue weighted by molar-refractivity contribution is 7.99. The molecule has 7 nitrogen and oxygen atoms in total. The number of fused-ring (bicyclic) bond motifs is 3. The van der Waals surface area contributed by atoms with Crippen LogP contribution in [-0.4, -0.2) is 20.2 Å². The number of hydrogen-bond donors (Lipinski definition) is 1. The number of rotatable bonds is 4. The van der Waals surface area contributed by atoms with E-state index in [9.17, 15) is 4.79 Å². The van der Waals surface area contributed by atoms with E-state index in [1.165, 1.54) is 22.2 Å². The van der Waals surface area contributed by atoms with Gasteiger partial charge in [-0.1, -0.05) is 18.7 Å². The number of nitrogens with one attached hydrogen (secondary N) is 1. The van der Waals surface area contributed by atoms with Crippen molar-refractivity contribution in [2.75, 3.05) is 0 Å². The number of thiophene rings is 1. The van der Waals surface area contributed by atoms with Gasteiger partial charge in [-0.05, 0) is 49.8 Å². The summed E-state index contributed by atoms with van der Waals surface area (Å²) in [5.41, 5.74) is 1.14. The Morgan fingerprint density at radius 3 is 3.11 bits per heavy atom. The summed E-state index contributed by atoms with van der Waals surface area (Å²) in [5, 5.41) is 9.09. The van der Waals surface area contributed by atoms with Gasteiger partial charge in [-0.2, -0.15) is 0 Å².